The molecule has 1 aliphatic heterocycles. The lowest BCUT2D eigenvalue weighted by molar-refractivity contribution is -0.121. The van der Waals surface area contributed by atoms with Crippen LogP contribution in [0.4, 0.5) is 18.9 Å². The summed E-state index contributed by atoms with van der Waals surface area (Å²) in [6.07, 6.45) is 3.07. The molecular weight excluding hydrogens is 393 g/mol. The van der Waals surface area contributed by atoms with Crippen LogP contribution in [0.1, 0.15) is 18.4 Å². The van der Waals surface area contributed by atoms with Crippen molar-refractivity contribution in [3.8, 4) is 11.3 Å². The molecule has 2 aromatic carbocycles. The minimum absolute atomic E-state index is 0.0713. The molecule has 1 aliphatic rings. The predicted molar refractivity (Wildman–Crippen MR) is 107 cm³/mol. The number of nitrogens with zero attached hydrogens (tertiary/aromatic N) is 2. The fraction of sp³-hybridized carbons (Fsp3) is 0.273. The third-order valence-corrected chi connectivity index (χ3v) is 5.36. The number of hydrogen-bond donors (Lipinski definition) is 2. The Hall–Kier alpha value is -3.13. The molecule has 1 aromatic heterocycles. The molecule has 0 unspecified atom stereocenters. The number of hydrogen-bond acceptors (Lipinski definition) is 3. The van der Waals surface area contributed by atoms with Crippen molar-refractivity contribution in [1.29, 1.82) is 0 Å². The summed E-state index contributed by atoms with van der Waals surface area (Å²) >= 11 is 0. The molecule has 8 heteroatoms. The van der Waals surface area contributed by atoms with Crippen molar-refractivity contribution in [2.24, 2.45) is 5.92 Å². The highest BCUT2D eigenvalue weighted by atomic mass is 19.2. The van der Waals surface area contributed by atoms with E-state index in [-0.39, 0.29) is 23.9 Å². The first kappa shape index (κ1) is 20.2. The standard InChI is InChI=1S/C22H21F3N4O/c23-18-7-8-19(24)21(25)17(18)13-29-11-1-2-15(12-29)22(30)27-16-5-3-14(4-6-16)20-9-10-26-28-20/h3-10,15H,1-2,11-13H2,(H,26,28)(H,27,30)/t15-/m0/s1. The summed E-state index contributed by atoms with van der Waals surface area (Å²) in [4.78, 5) is 14.5. The van der Waals surface area contributed by atoms with Crippen LogP contribution in [0.15, 0.2) is 48.7 Å². The van der Waals surface area contributed by atoms with Crippen LogP contribution >= 0.6 is 0 Å². The molecule has 0 radical (unpaired) electrons. The fourth-order valence-electron chi connectivity index (χ4n) is 3.74. The van der Waals surface area contributed by atoms with E-state index in [1.807, 2.05) is 30.3 Å². The molecule has 3 aromatic rings. The van der Waals surface area contributed by atoms with Gasteiger partial charge in [0.1, 0.15) is 5.82 Å². The fourth-order valence-corrected chi connectivity index (χ4v) is 3.74. The van der Waals surface area contributed by atoms with Gasteiger partial charge in [-0.05, 0) is 55.3 Å². The zero-order valence-corrected chi connectivity index (χ0v) is 16.2. The van der Waals surface area contributed by atoms with Crippen molar-refractivity contribution in [2.45, 2.75) is 19.4 Å². The smallest absolute Gasteiger partial charge is 0.228 e. The Balaban J connectivity index is 1.38. The molecule has 1 amide bonds. The van der Waals surface area contributed by atoms with Crippen LogP contribution in [0.2, 0.25) is 0 Å². The van der Waals surface area contributed by atoms with E-state index in [0.717, 1.165) is 29.8 Å². The molecule has 0 spiro atoms. The highest BCUT2D eigenvalue weighted by Crippen LogP contribution is 2.24. The second-order valence-corrected chi connectivity index (χ2v) is 7.43. The molecule has 30 heavy (non-hydrogen) atoms. The van der Waals surface area contributed by atoms with E-state index in [1.54, 1.807) is 11.1 Å². The van der Waals surface area contributed by atoms with E-state index < -0.39 is 17.5 Å². The first-order valence-corrected chi connectivity index (χ1v) is 9.76. The first-order chi connectivity index (χ1) is 14.5. The second-order valence-electron chi connectivity index (χ2n) is 7.43. The van der Waals surface area contributed by atoms with Gasteiger partial charge < -0.3 is 5.32 Å². The number of H-pyrrole nitrogens is 1. The molecule has 1 atom stereocenters. The van der Waals surface area contributed by atoms with Gasteiger partial charge in [-0.25, -0.2) is 13.2 Å². The van der Waals surface area contributed by atoms with E-state index in [4.69, 9.17) is 0 Å². The van der Waals surface area contributed by atoms with Crippen molar-refractivity contribution in [3.63, 3.8) is 0 Å². The zero-order chi connectivity index (χ0) is 21.1. The van der Waals surface area contributed by atoms with Gasteiger partial charge in [0.05, 0.1) is 11.6 Å². The van der Waals surface area contributed by atoms with Crippen LogP contribution in [0.3, 0.4) is 0 Å². The van der Waals surface area contributed by atoms with Crippen LogP contribution in [0, 0.1) is 23.4 Å². The van der Waals surface area contributed by atoms with Gasteiger partial charge >= 0.3 is 0 Å². The Kier molecular flexibility index (Phi) is 5.85. The number of nitrogens with one attached hydrogen (secondary N) is 2. The molecule has 2 heterocycles. The lowest BCUT2D eigenvalue weighted by Gasteiger charge is -2.32. The maximum absolute atomic E-state index is 14.0. The van der Waals surface area contributed by atoms with Gasteiger partial charge in [0.15, 0.2) is 11.6 Å². The minimum Gasteiger partial charge on any atom is -0.326 e. The van der Waals surface area contributed by atoms with E-state index >= 15 is 0 Å². The number of aromatic amines is 1. The number of carbonyl (C=O) groups excluding carboxylic acids is 1. The van der Waals surface area contributed by atoms with E-state index in [1.165, 1.54) is 0 Å². The average molecular weight is 414 g/mol. The largest absolute Gasteiger partial charge is 0.326 e. The van der Waals surface area contributed by atoms with Crippen LogP contribution in [0.25, 0.3) is 11.3 Å². The van der Waals surface area contributed by atoms with Gasteiger partial charge in [-0.15, -0.1) is 0 Å². The summed E-state index contributed by atoms with van der Waals surface area (Å²) in [5.41, 5.74) is 2.20. The average Bonchev–Trinajstić information content (AvgIpc) is 3.30. The summed E-state index contributed by atoms with van der Waals surface area (Å²) in [7, 11) is 0. The zero-order valence-electron chi connectivity index (χ0n) is 16.2. The van der Waals surface area contributed by atoms with Gasteiger partial charge in [-0.3, -0.25) is 14.8 Å². The van der Waals surface area contributed by atoms with Gasteiger partial charge in [0.25, 0.3) is 0 Å². The summed E-state index contributed by atoms with van der Waals surface area (Å²) in [6.45, 7) is 0.879. The van der Waals surface area contributed by atoms with Gasteiger partial charge in [0, 0.05) is 30.5 Å². The predicted octanol–water partition coefficient (Wildman–Crippen LogP) is 4.34. The number of amides is 1. The highest BCUT2D eigenvalue weighted by Gasteiger charge is 2.27. The van der Waals surface area contributed by atoms with Crippen molar-refractivity contribution in [2.75, 3.05) is 18.4 Å². The number of benzene rings is 2. The van der Waals surface area contributed by atoms with Gasteiger partial charge in [0.2, 0.25) is 5.91 Å². The molecule has 2 N–H and O–H groups in total. The van der Waals surface area contributed by atoms with Crippen molar-refractivity contribution >= 4 is 11.6 Å². The van der Waals surface area contributed by atoms with Crippen molar-refractivity contribution in [3.05, 3.63) is 71.7 Å². The monoisotopic (exact) mass is 414 g/mol. The third-order valence-electron chi connectivity index (χ3n) is 5.36. The number of likely N-dealkylation sites (tertiary alicyclic amines) is 1. The first-order valence-electron chi connectivity index (χ1n) is 9.76. The normalized spacial score (nSPS) is 17.1. The molecule has 4 rings (SSSR count). The topological polar surface area (TPSA) is 61.0 Å². The Morgan fingerprint density at radius 1 is 1.10 bits per heavy atom. The molecule has 5 nitrogen and oxygen atoms in total. The molecule has 1 fully saturated rings. The molecule has 156 valence electrons. The summed E-state index contributed by atoms with van der Waals surface area (Å²) < 4.78 is 41.4. The Morgan fingerprint density at radius 3 is 2.60 bits per heavy atom. The third kappa shape index (κ3) is 4.38. The van der Waals surface area contributed by atoms with Gasteiger partial charge in [-0.2, -0.15) is 5.10 Å². The van der Waals surface area contributed by atoms with Gasteiger partial charge in [-0.1, -0.05) is 12.1 Å². The highest BCUT2D eigenvalue weighted by molar-refractivity contribution is 5.93. The lowest BCUT2D eigenvalue weighted by atomic mass is 9.96. The summed E-state index contributed by atoms with van der Waals surface area (Å²) in [5.74, 6) is -3.48. The molecular formula is C22H21F3N4O. The van der Waals surface area contributed by atoms with Crippen molar-refractivity contribution in [1.82, 2.24) is 15.1 Å². The minimum atomic E-state index is -1.17. The van der Waals surface area contributed by atoms with E-state index in [2.05, 4.69) is 15.5 Å². The van der Waals surface area contributed by atoms with E-state index in [9.17, 15) is 18.0 Å². The van der Waals surface area contributed by atoms with Crippen LogP contribution in [0.5, 0.6) is 0 Å². The molecule has 0 bridgehead atoms. The van der Waals surface area contributed by atoms with Crippen LogP contribution in [-0.2, 0) is 11.3 Å². The quantitative estimate of drug-likeness (QED) is 0.611. The number of rotatable bonds is 5. The second kappa shape index (κ2) is 8.71. The lowest BCUT2D eigenvalue weighted by Crippen LogP contribution is -2.40. The summed E-state index contributed by atoms with van der Waals surface area (Å²) in [6, 6.07) is 10.9. The number of anilines is 1. The van der Waals surface area contributed by atoms with Crippen molar-refractivity contribution < 1.29 is 18.0 Å². The SMILES string of the molecule is O=C(Nc1ccc(-c2ccn[nH]2)cc1)[C@H]1CCCN(Cc2c(F)ccc(F)c2F)C1. The number of piperidine rings is 1. The number of aromatic nitrogens is 2. The molecule has 0 saturated carbocycles. The number of halogens is 3. The summed E-state index contributed by atoms with van der Waals surface area (Å²) in [5, 5.41) is 9.70. The maximum atomic E-state index is 14.0. The Bertz CT molecular complexity index is 1020. The molecule has 0 aliphatic carbocycles. The Labute approximate surface area is 171 Å². The van der Waals surface area contributed by atoms with E-state index in [0.29, 0.717) is 25.2 Å². The van der Waals surface area contributed by atoms with Crippen LogP contribution < -0.4 is 5.32 Å². The Morgan fingerprint density at radius 2 is 1.87 bits per heavy atom. The number of carbonyl (C=O) groups is 1. The van der Waals surface area contributed by atoms with Crippen LogP contribution in [-0.4, -0.2) is 34.1 Å². The molecule has 1 saturated heterocycles. The maximum Gasteiger partial charge on any atom is 0.228 e.